The first-order chi connectivity index (χ1) is 17.0. The minimum Gasteiger partial charge on any atom is -0.497 e. The number of nitrogens with zero attached hydrogens (tertiary/aromatic N) is 3. The van der Waals surface area contributed by atoms with Crippen molar-refractivity contribution < 1.29 is 23.9 Å². The van der Waals surface area contributed by atoms with E-state index < -0.39 is 5.97 Å². The first kappa shape index (κ1) is 24.9. The van der Waals surface area contributed by atoms with Gasteiger partial charge in [0.05, 0.1) is 18.4 Å². The third-order valence-electron chi connectivity index (χ3n) is 6.31. The summed E-state index contributed by atoms with van der Waals surface area (Å²) in [6.07, 6.45) is 2.09. The molecule has 0 aromatic heterocycles. The number of piperazine rings is 1. The van der Waals surface area contributed by atoms with Crippen molar-refractivity contribution >= 4 is 35.2 Å². The predicted octanol–water partition coefficient (Wildman–Crippen LogP) is 2.92. The maximum absolute atomic E-state index is 12.7. The highest BCUT2D eigenvalue weighted by Crippen LogP contribution is 2.25. The minimum atomic E-state index is -0.549. The Labute approximate surface area is 210 Å². The number of carbonyl (C=O) groups excluding carboxylic acids is 3. The second-order valence-electron chi connectivity index (χ2n) is 8.51. The summed E-state index contributed by atoms with van der Waals surface area (Å²) in [5.41, 5.74) is 1.46. The second kappa shape index (κ2) is 12.0. The van der Waals surface area contributed by atoms with Gasteiger partial charge in [-0.25, -0.2) is 4.79 Å². The highest BCUT2D eigenvalue weighted by molar-refractivity contribution is 8.00. The zero-order valence-corrected chi connectivity index (χ0v) is 20.8. The summed E-state index contributed by atoms with van der Waals surface area (Å²) >= 11 is 1.33. The molecule has 0 spiro atoms. The van der Waals surface area contributed by atoms with Gasteiger partial charge in [-0.15, -0.1) is 11.8 Å². The smallest absolute Gasteiger partial charge is 0.339 e. The van der Waals surface area contributed by atoms with Crippen LogP contribution in [0.5, 0.6) is 5.75 Å². The average Bonchev–Trinajstić information content (AvgIpc) is 3.46. The summed E-state index contributed by atoms with van der Waals surface area (Å²) in [4.78, 5) is 44.2. The van der Waals surface area contributed by atoms with Crippen molar-refractivity contribution in [1.29, 1.82) is 0 Å². The van der Waals surface area contributed by atoms with Gasteiger partial charge in [-0.05, 0) is 49.2 Å². The number of likely N-dealkylation sites (tertiary alicyclic amines) is 1. The molecule has 0 bridgehead atoms. The van der Waals surface area contributed by atoms with Crippen molar-refractivity contribution in [3.05, 3.63) is 54.1 Å². The van der Waals surface area contributed by atoms with Crippen LogP contribution in [-0.2, 0) is 14.3 Å². The average molecular weight is 498 g/mol. The van der Waals surface area contributed by atoms with Gasteiger partial charge >= 0.3 is 5.97 Å². The molecule has 186 valence electrons. The van der Waals surface area contributed by atoms with Crippen molar-refractivity contribution in [2.24, 2.45) is 0 Å². The topological polar surface area (TPSA) is 79.4 Å². The lowest BCUT2D eigenvalue weighted by Gasteiger charge is -2.36. The molecule has 35 heavy (non-hydrogen) atoms. The Morgan fingerprint density at radius 1 is 0.829 bits per heavy atom. The molecule has 2 amide bonds. The summed E-state index contributed by atoms with van der Waals surface area (Å²) in [5.74, 6) is 0.415. The van der Waals surface area contributed by atoms with Gasteiger partial charge in [-0.3, -0.25) is 9.59 Å². The van der Waals surface area contributed by atoms with Crippen LogP contribution in [0.4, 0.5) is 5.69 Å². The number of amides is 2. The summed E-state index contributed by atoms with van der Waals surface area (Å²) in [6, 6.07) is 14.9. The number of benzene rings is 2. The first-order valence-electron chi connectivity index (χ1n) is 11.9. The number of carbonyl (C=O) groups is 3. The molecule has 9 heteroatoms. The molecule has 0 N–H and O–H groups in total. The fourth-order valence-electron chi connectivity index (χ4n) is 4.26. The van der Waals surface area contributed by atoms with Crippen LogP contribution in [0.25, 0.3) is 0 Å². The monoisotopic (exact) mass is 497 g/mol. The number of hydrogen-bond donors (Lipinski definition) is 0. The van der Waals surface area contributed by atoms with E-state index in [1.54, 1.807) is 30.2 Å². The van der Waals surface area contributed by atoms with Gasteiger partial charge in [0, 0.05) is 49.9 Å². The number of rotatable bonds is 8. The Balaban J connectivity index is 1.25. The van der Waals surface area contributed by atoms with Crippen molar-refractivity contribution in [1.82, 2.24) is 9.80 Å². The third-order valence-corrected chi connectivity index (χ3v) is 7.37. The third kappa shape index (κ3) is 6.48. The molecular formula is C26H31N3O5S. The molecule has 2 saturated heterocycles. The Morgan fingerprint density at radius 3 is 2.17 bits per heavy atom. The van der Waals surface area contributed by atoms with E-state index in [2.05, 4.69) is 4.90 Å². The first-order valence-corrected chi connectivity index (χ1v) is 12.9. The molecule has 0 aliphatic carbocycles. The van der Waals surface area contributed by atoms with Gasteiger partial charge in [-0.2, -0.15) is 0 Å². The number of esters is 1. The van der Waals surface area contributed by atoms with Crippen LogP contribution in [-0.4, -0.2) is 86.3 Å². The van der Waals surface area contributed by atoms with E-state index in [9.17, 15) is 14.4 Å². The molecule has 0 radical (unpaired) electrons. The number of hydrogen-bond acceptors (Lipinski definition) is 7. The lowest BCUT2D eigenvalue weighted by Crippen LogP contribution is -2.49. The van der Waals surface area contributed by atoms with Crippen LogP contribution < -0.4 is 9.64 Å². The van der Waals surface area contributed by atoms with Gasteiger partial charge in [0.25, 0.3) is 5.91 Å². The summed E-state index contributed by atoms with van der Waals surface area (Å²) in [5, 5.41) is 0. The minimum absolute atomic E-state index is 0.0830. The number of ether oxygens (including phenoxy) is 2. The Kier molecular flexibility index (Phi) is 8.52. The zero-order valence-electron chi connectivity index (χ0n) is 20.0. The van der Waals surface area contributed by atoms with Crippen LogP contribution in [0.1, 0.15) is 23.2 Å². The molecule has 2 aromatic carbocycles. The molecule has 0 saturated carbocycles. The molecular weight excluding hydrogens is 466 g/mol. The largest absolute Gasteiger partial charge is 0.497 e. The van der Waals surface area contributed by atoms with Gasteiger partial charge in [0.2, 0.25) is 5.91 Å². The van der Waals surface area contributed by atoms with Crippen LogP contribution in [0.3, 0.4) is 0 Å². The van der Waals surface area contributed by atoms with Crippen LogP contribution in [0, 0.1) is 0 Å². The second-order valence-corrected chi connectivity index (χ2v) is 9.53. The normalized spacial score (nSPS) is 15.7. The van der Waals surface area contributed by atoms with Crippen LogP contribution in [0.15, 0.2) is 53.4 Å². The van der Waals surface area contributed by atoms with Gasteiger partial charge in [0.15, 0.2) is 6.61 Å². The van der Waals surface area contributed by atoms with Crippen molar-refractivity contribution in [3.63, 3.8) is 0 Å². The van der Waals surface area contributed by atoms with E-state index >= 15 is 0 Å². The molecule has 2 aliphatic heterocycles. The van der Waals surface area contributed by atoms with Gasteiger partial charge in [-0.1, -0.05) is 12.1 Å². The van der Waals surface area contributed by atoms with Crippen LogP contribution >= 0.6 is 11.8 Å². The lowest BCUT2D eigenvalue weighted by atomic mass is 10.2. The molecule has 2 fully saturated rings. The Morgan fingerprint density at radius 2 is 1.49 bits per heavy atom. The van der Waals surface area contributed by atoms with Crippen molar-refractivity contribution in [2.75, 3.05) is 63.6 Å². The van der Waals surface area contributed by atoms with E-state index in [1.807, 2.05) is 35.2 Å². The maximum Gasteiger partial charge on any atom is 0.339 e. The van der Waals surface area contributed by atoms with Crippen LogP contribution in [0.2, 0.25) is 0 Å². The van der Waals surface area contributed by atoms with E-state index in [-0.39, 0.29) is 24.2 Å². The molecule has 2 aromatic rings. The van der Waals surface area contributed by atoms with Crippen molar-refractivity contribution in [3.8, 4) is 5.75 Å². The Hall–Kier alpha value is -3.20. The molecule has 4 rings (SSSR count). The molecule has 8 nitrogen and oxygen atoms in total. The lowest BCUT2D eigenvalue weighted by molar-refractivity contribution is -0.134. The molecule has 0 atom stereocenters. The Bertz CT molecular complexity index is 1030. The highest BCUT2D eigenvalue weighted by Gasteiger charge is 2.24. The van der Waals surface area contributed by atoms with E-state index in [4.69, 9.17) is 9.47 Å². The maximum atomic E-state index is 12.7. The SMILES string of the molecule is COc1ccc(N2CCN(C(=O)COC(=O)c3ccccc3SCC(=O)N3CCCC3)CC2)cc1. The predicted molar refractivity (Wildman–Crippen MR) is 135 cm³/mol. The summed E-state index contributed by atoms with van der Waals surface area (Å²) in [6.45, 7) is 3.85. The molecule has 2 aliphatic rings. The fraction of sp³-hybridized carbons (Fsp3) is 0.423. The number of anilines is 1. The highest BCUT2D eigenvalue weighted by atomic mass is 32.2. The van der Waals surface area contributed by atoms with Gasteiger partial charge in [0.1, 0.15) is 5.75 Å². The van der Waals surface area contributed by atoms with Crippen molar-refractivity contribution in [2.45, 2.75) is 17.7 Å². The molecule has 0 unspecified atom stereocenters. The number of thioether (sulfide) groups is 1. The fourth-order valence-corrected chi connectivity index (χ4v) is 5.21. The van der Waals surface area contributed by atoms with E-state index in [1.165, 1.54) is 11.8 Å². The summed E-state index contributed by atoms with van der Waals surface area (Å²) < 4.78 is 10.6. The standard InChI is InChI=1S/C26H31N3O5S/c1-33-21-10-8-20(9-11-21)27-14-16-29(17-15-27)24(30)18-34-26(32)22-6-2-3-7-23(22)35-19-25(31)28-12-4-5-13-28/h2-3,6-11H,4-5,12-19H2,1H3. The van der Waals surface area contributed by atoms with E-state index in [0.29, 0.717) is 36.6 Å². The molecule has 2 heterocycles. The van der Waals surface area contributed by atoms with E-state index in [0.717, 1.165) is 37.4 Å². The zero-order chi connectivity index (χ0) is 24.6. The number of methoxy groups -OCH3 is 1. The van der Waals surface area contributed by atoms with Gasteiger partial charge < -0.3 is 24.2 Å². The summed E-state index contributed by atoms with van der Waals surface area (Å²) in [7, 11) is 1.64. The quantitative estimate of drug-likeness (QED) is 0.410.